The van der Waals surface area contributed by atoms with Crippen LogP contribution in [0.15, 0.2) is 47.4 Å². The SMILES string of the molecule is CC(C)(C)[Si](C)(C)OCCS(=O)(=O)c1ccc2c(c1)CN(c1ccc(C(O)(C(F)(F)F)C(F)(F)F)cc1)C2C(N)=O. The largest absolute Gasteiger partial charge is 0.430 e. The second-order valence-electron chi connectivity index (χ2n) is 11.5. The average Bonchev–Trinajstić information content (AvgIpc) is 3.20. The van der Waals surface area contributed by atoms with Gasteiger partial charge in [-0.25, -0.2) is 8.42 Å². The van der Waals surface area contributed by atoms with Crippen molar-refractivity contribution < 1.29 is 49.1 Å². The van der Waals surface area contributed by atoms with Crippen LogP contribution in [-0.4, -0.2) is 52.5 Å². The fraction of sp³-hybridized carbons (Fsp3) is 0.500. The normalized spacial score (nSPS) is 17.1. The molecule has 3 rings (SSSR count). The van der Waals surface area contributed by atoms with E-state index in [-0.39, 0.29) is 34.5 Å². The van der Waals surface area contributed by atoms with Gasteiger partial charge >= 0.3 is 12.4 Å². The van der Waals surface area contributed by atoms with E-state index < -0.39 is 53.6 Å². The molecule has 0 radical (unpaired) electrons. The van der Waals surface area contributed by atoms with Crippen LogP contribution in [0, 0.1) is 0 Å². The van der Waals surface area contributed by atoms with Crippen LogP contribution >= 0.6 is 0 Å². The van der Waals surface area contributed by atoms with Gasteiger partial charge in [0, 0.05) is 24.4 Å². The third kappa shape index (κ3) is 6.13. The van der Waals surface area contributed by atoms with Crippen molar-refractivity contribution in [2.45, 2.75) is 74.3 Å². The molecule has 1 heterocycles. The molecule has 3 N–H and O–H groups in total. The molecule has 7 nitrogen and oxygen atoms in total. The summed E-state index contributed by atoms with van der Waals surface area (Å²) in [5.41, 5.74) is -0.214. The third-order valence-electron chi connectivity index (χ3n) is 7.75. The van der Waals surface area contributed by atoms with Crippen molar-refractivity contribution in [1.29, 1.82) is 0 Å². The number of benzene rings is 2. The molecule has 0 aromatic heterocycles. The predicted octanol–water partition coefficient (Wildman–Crippen LogP) is 5.34. The number of rotatable bonds is 8. The summed E-state index contributed by atoms with van der Waals surface area (Å²) in [5, 5.41) is 9.53. The number of anilines is 1. The Hall–Kier alpha value is -2.62. The molecule has 2 aromatic carbocycles. The van der Waals surface area contributed by atoms with E-state index >= 15 is 0 Å². The van der Waals surface area contributed by atoms with Crippen molar-refractivity contribution in [3.8, 4) is 0 Å². The molecule has 0 saturated heterocycles. The van der Waals surface area contributed by atoms with Crippen LogP contribution in [0.3, 0.4) is 0 Å². The van der Waals surface area contributed by atoms with Crippen LogP contribution in [0.1, 0.15) is 43.5 Å². The molecule has 1 atom stereocenters. The molecule has 0 fully saturated rings. The number of nitrogens with two attached hydrogens (primary N) is 1. The number of aliphatic hydroxyl groups is 1. The summed E-state index contributed by atoms with van der Waals surface area (Å²) in [7, 11) is -5.99. The maximum absolute atomic E-state index is 13.3. The number of alkyl halides is 6. The summed E-state index contributed by atoms with van der Waals surface area (Å²) < 4.78 is 112. The van der Waals surface area contributed by atoms with Gasteiger partial charge in [-0.2, -0.15) is 26.3 Å². The highest BCUT2D eigenvalue weighted by Crippen LogP contribution is 2.50. The number of carbonyl (C=O) groups excluding carboxylic acids is 1. The average molecular weight is 627 g/mol. The molecular formula is C26H32F6N2O5SSi. The van der Waals surface area contributed by atoms with Crippen molar-refractivity contribution in [3.63, 3.8) is 0 Å². The first-order valence-corrected chi connectivity index (χ1v) is 17.0. The van der Waals surface area contributed by atoms with E-state index in [1.165, 1.54) is 23.1 Å². The van der Waals surface area contributed by atoms with E-state index in [1.807, 2.05) is 33.9 Å². The number of hydrogen-bond acceptors (Lipinski definition) is 6. The van der Waals surface area contributed by atoms with Gasteiger partial charge in [0.15, 0.2) is 18.2 Å². The Balaban J connectivity index is 1.89. The van der Waals surface area contributed by atoms with E-state index in [0.717, 1.165) is 12.1 Å². The van der Waals surface area contributed by atoms with Gasteiger partial charge < -0.3 is 20.2 Å². The lowest BCUT2D eigenvalue weighted by atomic mass is 9.92. The number of sulfone groups is 1. The molecule has 15 heteroatoms. The Morgan fingerprint density at radius 2 is 1.56 bits per heavy atom. The minimum Gasteiger partial charge on any atom is -0.416 e. The molecule has 2 aromatic rings. The molecule has 0 bridgehead atoms. The van der Waals surface area contributed by atoms with Crippen LogP contribution in [0.5, 0.6) is 0 Å². The summed E-state index contributed by atoms with van der Waals surface area (Å²) in [5.74, 6) is -1.15. The monoisotopic (exact) mass is 626 g/mol. The van der Waals surface area contributed by atoms with Gasteiger partial charge in [-0.15, -0.1) is 0 Å². The van der Waals surface area contributed by atoms with Gasteiger partial charge in [0.1, 0.15) is 6.04 Å². The second-order valence-corrected chi connectivity index (χ2v) is 18.4. The molecule has 0 spiro atoms. The van der Waals surface area contributed by atoms with Crippen molar-refractivity contribution in [2.24, 2.45) is 5.73 Å². The number of halogens is 6. The second kappa shape index (κ2) is 10.6. The molecule has 1 unspecified atom stereocenters. The minimum atomic E-state index is -6.05. The molecule has 228 valence electrons. The molecule has 1 aliphatic rings. The van der Waals surface area contributed by atoms with Crippen LogP contribution < -0.4 is 10.6 Å². The Morgan fingerprint density at radius 3 is 2.02 bits per heavy atom. The highest BCUT2D eigenvalue weighted by atomic mass is 32.2. The van der Waals surface area contributed by atoms with Gasteiger partial charge in [0.25, 0.3) is 5.60 Å². The van der Waals surface area contributed by atoms with Crippen LogP contribution in [0.4, 0.5) is 32.0 Å². The topological polar surface area (TPSA) is 110 Å². The van der Waals surface area contributed by atoms with Crippen molar-refractivity contribution in [3.05, 3.63) is 59.2 Å². The first kappa shape index (κ1) is 32.9. The lowest BCUT2D eigenvalue weighted by Gasteiger charge is -2.36. The van der Waals surface area contributed by atoms with E-state index in [9.17, 15) is 44.7 Å². The molecule has 0 aliphatic carbocycles. The van der Waals surface area contributed by atoms with Gasteiger partial charge in [0.05, 0.1) is 10.6 Å². The van der Waals surface area contributed by atoms with Crippen molar-refractivity contribution >= 4 is 29.7 Å². The molecular weight excluding hydrogens is 594 g/mol. The highest BCUT2D eigenvalue weighted by molar-refractivity contribution is 7.91. The summed E-state index contributed by atoms with van der Waals surface area (Å²) in [4.78, 5) is 13.6. The quantitative estimate of drug-likeness (QED) is 0.303. The van der Waals surface area contributed by atoms with Gasteiger partial charge in [-0.05, 0) is 53.5 Å². The Morgan fingerprint density at radius 1 is 1.02 bits per heavy atom. The van der Waals surface area contributed by atoms with Crippen molar-refractivity contribution in [2.75, 3.05) is 17.3 Å². The third-order valence-corrected chi connectivity index (χ3v) is 14.0. The van der Waals surface area contributed by atoms with E-state index in [4.69, 9.17) is 10.2 Å². The number of fused-ring (bicyclic) bond motifs is 1. The number of hydrogen-bond donors (Lipinski definition) is 2. The number of amides is 1. The molecule has 1 amide bonds. The Bertz CT molecular complexity index is 1390. The molecule has 0 saturated carbocycles. The molecule has 1 aliphatic heterocycles. The van der Waals surface area contributed by atoms with Crippen molar-refractivity contribution in [1.82, 2.24) is 0 Å². The Labute approximate surface area is 235 Å². The first-order chi connectivity index (χ1) is 18.4. The predicted molar refractivity (Wildman–Crippen MR) is 142 cm³/mol. The first-order valence-electron chi connectivity index (χ1n) is 12.5. The summed E-state index contributed by atoms with van der Waals surface area (Å²) in [6.07, 6.45) is -12.1. The van der Waals surface area contributed by atoms with Crippen LogP contribution in [0.25, 0.3) is 0 Å². The number of carbonyl (C=O) groups is 1. The zero-order chi connectivity index (χ0) is 31.4. The lowest BCUT2D eigenvalue weighted by Crippen LogP contribution is -2.53. The number of nitrogens with zero attached hydrogens (tertiary/aromatic N) is 1. The smallest absolute Gasteiger partial charge is 0.416 e. The lowest BCUT2D eigenvalue weighted by molar-refractivity contribution is -0.376. The maximum atomic E-state index is 13.3. The van der Waals surface area contributed by atoms with Crippen LogP contribution in [0.2, 0.25) is 18.1 Å². The van der Waals surface area contributed by atoms with Gasteiger partial charge in [-0.1, -0.05) is 39.0 Å². The fourth-order valence-corrected chi connectivity index (χ4v) is 6.62. The zero-order valence-electron chi connectivity index (χ0n) is 23.0. The Kier molecular flexibility index (Phi) is 8.49. The van der Waals surface area contributed by atoms with Crippen LogP contribution in [-0.2, 0) is 31.2 Å². The summed E-state index contributed by atoms with van der Waals surface area (Å²) in [6, 6.07) is 5.66. The highest BCUT2D eigenvalue weighted by Gasteiger charge is 2.71. The molecule has 41 heavy (non-hydrogen) atoms. The number of primary amides is 1. The zero-order valence-corrected chi connectivity index (χ0v) is 24.8. The maximum Gasteiger partial charge on any atom is 0.430 e. The minimum absolute atomic E-state index is 0.0134. The van der Waals surface area contributed by atoms with E-state index in [2.05, 4.69) is 0 Å². The van der Waals surface area contributed by atoms with E-state index in [1.54, 1.807) is 0 Å². The summed E-state index contributed by atoms with van der Waals surface area (Å²) >= 11 is 0. The van der Waals surface area contributed by atoms with E-state index in [0.29, 0.717) is 23.3 Å². The standard InChI is InChI=1S/C26H32F6N2O5SSi/c1-23(2,3)41(4,5)39-12-13-40(37,38)19-10-11-20-16(14-19)15-34(21(20)22(33)35)18-8-6-17(7-9-18)24(36,25(27,28)29)26(30,31)32/h6-11,14,21,36H,12-13,15H2,1-5H3,(H2,33,35). The summed E-state index contributed by atoms with van der Waals surface area (Å²) in [6.45, 7) is 9.94. The van der Waals surface area contributed by atoms with Gasteiger partial charge in [-0.3, -0.25) is 4.79 Å². The van der Waals surface area contributed by atoms with Gasteiger partial charge in [0.2, 0.25) is 5.91 Å². The fourth-order valence-electron chi connectivity index (χ4n) is 4.29.